The van der Waals surface area contributed by atoms with Gasteiger partial charge in [-0.3, -0.25) is 9.59 Å². The monoisotopic (exact) mass is 398 g/mol. The first kappa shape index (κ1) is 20.2. The van der Waals surface area contributed by atoms with Crippen LogP contribution in [0, 0.1) is 5.41 Å². The summed E-state index contributed by atoms with van der Waals surface area (Å²) in [6, 6.07) is 11.8. The van der Waals surface area contributed by atoms with Crippen LogP contribution in [0.1, 0.15) is 29.8 Å². The highest BCUT2D eigenvalue weighted by Gasteiger charge is 2.36. The topological polar surface area (TPSA) is 103 Å². The van der Waals surface area contributed by atoms with Crippen molar-refractivity contribution in [2.45, 2.75) is 20.4 Å². The largest absolute Gasteiger partial charge is 0.465 e. The lowest BCUT2D eigenvalue weighted by molar-refractivity contribution is -0.138. The summed E-state index contributed by atoms with van der Waals surface area (Å²) in [5, 5.41) is 5.40. The van der Waals surface area contributed by atoms with Crippen LogP contribution >= 0.6 is 0 Å². The minimum atomic E-state index is -1.38. The minimum absolute atomic E-state index is 0.172. The molecular weight excluding hydrogens is 376 g/mol. The van der Waals surface area contributed by atoms with Crippen molar-refractivity contribution < 1.29 is 28.6 Å². The van der Waals surface area contributed by atoms with E-state index in [-0.39, 0.29) is 24.6 Å². The maximum atomic E-state index is 12.7. The average molecular weight is 398 g/mol. The molecule has 1 aliphatic rings. The fraction of sp³-hybridized carbons (Fsp3) is 0.286. The number of anilines is 1. The van der Waals surface area contributed by atoms with Crippen molar-refractivity contribution in [1.29, 1.82) is 0 Å². The predicted octanol–water partition coefficient (Wildman–Crippen LogP) is 2.48. The van der Waals surface area contributed by atoms with Gasteiger partial charge in [0, 0.05) is 6.54 Å². The molecule has 2 aromatic rings. The maximum absolute atomic E-state index is 12.7. The van der Waals surface area contributed by atoms with Gasteiger partial charge in [0.15, 0.2) is 11.5 Å². The molecule has 0 saturated heterocycles. The molecule has 3 rings (SSSR count). The van der Waals surface area contributed by atoms with Gasteiger partial charge < -0.3 is 24.8 Å². The van der Waals surface area contributed by atoms with Gasteiger partial charge in [-0.05, 0) is 43.7 Å². The van der Waals surface area contributed by atoms with Gasteiger partial charge in [-0.15, -0.1) is 0 Å². The van der Waals surface area contributed by atoms with E-state index in [0.717, 1.165) is 5.56 Å². The number of ether oxygens (including phenoxy) is 3. The molecule has 2 amide bonds. The molecule has 0 aliphatic carbocycles. The quantitative estimate of drug-likeness (QED) is 0.572. The molecule has 8 heteroatoms. The third kappa shape index (κ3) is 4.31. The van der Waals surface area contributed by atoms with Gasteiger partial charge >= 0.3 is 5.97 Å². The number of hydrogen-bond acceptors (Lipinski definition) is 6. The Morgan fingerprint density at radius 3 is 2.52 bits per heavy atom. The number of methoxy groups -OCH3 is 1. The Hall–Kier alpha value is -3.55. The van der Waals surface area contributed by atoms with Gasteiger partial charge in [0.25, 0.3) is 0 Å². The Balaban J connectivity index is 1.65. The summed E-state index contributed by atoms with van der Waals surface area (Å²) >= 11 is 0. The molecule has 8 nitrogen and oxygen atoms in total. The van der Waals surface area contributed by atoms with E-state index in [9.17, 15) is 14.4 Å². The van der Waals surface area contributed by atoms with Crippen molar-refractivity contribution >= 4 is 23.5 Å². The number of fused-ring (bicyclic) bond motifs is 1. The van der Waals surface area contributed by atoms with E-state index in [2.05, 4.69) is 10.6 Å². The van der Waals surface area contributed by atoms with Crippen LogP contribution in [-0.4, -0.2) is 31.7 Å². The molecule has 0 unspecified atom stereocenters. The Morgan fingerprint density at radius 1 is 1.03 bits per heavy atom. The van der Waals surface area contributed by atoms with Crippen LogP contribution in [0.3, 0.4) is 0 Å². The zero-order valence-corrected chi connectivity index (χ0v) is 16.4. The summed E-state index contributed by atoms with van der Waals surface area (Å²) in [5.74, 6) is -0.302. The molecule has 1 heterocycles. The summed E-state index contributed by atoms with van der Waals surface area (Å²) in [4.78, 5) is 37.3. The first-order chi connectivity index (χ1) is 13.8. The first-order valence-electron chi connectivity index (χ1n) is 8.98. The number of rotatable bonds is 6. The van der Waals surface area contributed by atoms with Crippen LogP contribution in [0.15, 0.2) is 42.5 Å². The molecule has 1 aliphatic heterocycles. The summed E-state index contributed by atoms with van der Waals surface area (Å²) < 4.78 is 15.3. The smallest absolute Gasteiger partial charge is 0.339 e. The van der Waals surface area contributed by atoms with E-state index in [1.807, 2.05) is 6.07 Å². The van der Waals surface area contributed by atoms with Gasteiger partial charge in [0.2, 0.25) is 18.6 Å². The molecule has 0 aromatic heterocycles. The summed E-state index contributed by atoms with van der Waals surface area (Å²) in [7, 11) is 1.26. The third-order valence-electron chi connectivity index (χ3n) is 4.61. The van der Waals surface area contributed by atoms with Crippen molar-refractivity contribution in [3.05, 3.63) is 53.6 Å². The van der Waals surface area contributed by atoms with E-state index in [1.165, 1.54) is 27.0 Å². The summed E-state index contributed by atoms with van der Waals surface area (Å²) in [6.07, 6.45) is 0. The van der Waals surface area contributed by atoms with Crippen molar-refractivity contribution in [1.82, 2.24) is 5.32 Å². The molecule has 29 heavy (non-hydrogen) atoms. The summed E-state index contributed by atoms with van der Waals surface area (Å²) in [6.45, 7) is 3.42. The Labute approximate surface area is 168 Å². The van der Waals surface area contributed by atoms with Crippen LogP contribution in [-0.2, 0) is 20.9 Å². The lowest BCUT2D eigenvalue weighted by atomic mass is 9.90. The molecular formula is C21H22N2O6. The number of para-hydroxylation sites is 1. The summed E-state index contributed by atoms with van der Waals surface area (Å²) in [5.41, 5.74) is -0.0738. The molecule has 0 atom stereocenters. The molecule has 2 aromatic carbocycles. The molecule has 0 saturated carbocycles. The number of hydrogen-bond donors (Lipinski definition) is 2. The van der Waals surface area contributed by atoms with Crippen LogP contribution < -0.4 is 20.1 Å². The number of nitrogens with one attached hydrogen (secondary N) is 2. The van der Waals surface area contributed by atoms with Crippen molar-refractivity contribution in [3.63, 3.8) is 0 Å². The number of esters is 1. The van der Waals surface area contributed by atoms with Gasteiger partial charge in [0.05, 0.1) is 18.4 Å². The highest BCUT2D eigenvalue weighted by atomic mass is 16.7. The molecule has 0 radical (unpaired) electrons. The Morgan fingerprint density at radius 2 is 1.76 bits per heavy atom. The lowest BCUT2D eigenvalue weighted by Gasteiger charge is -2.23. The molecule has 0 bridgehead atoms. The zero-order chi connectivity index (χ0) is 21.0. The van der Waals surface area contributed by atoms with Crippen LogP contribution in [0.25, 0.3) is 0 Å². The minimum Gasteiger partial charge on any atom is -0.465 e. The van der Waals surface area contributed by atoms with Gasteiger partial charge in [-0.25, -0.2) is 4.79 Å². The second-order valence-electron chi connectivity index (χ2n) is 6.99. The fourth-order valence-electron chi connectivity index (χ4n) is 2.72. The standard InChI is InChI=1S/C21H22N2O6/c1-21(2,20(26)23-15-7-5-4-6-14(15)18(24)27-3)19(25)22-11-13-8-9-16-17(10-13)29-12-28-16/h4-10H,11-12H2,1-3H3,(H,22,25)(H,23,26). The van der Waals surface area contributed by atoms with Crippen molar-refractivity contribution in [2.24, 2.45) is 5.41 Å². The van der Waals surface area contributed by atoms with Gasteiger partial charge in [-0.1, -0.05) is 18.2 Å². The number of amides is 2. The van der Waals surface area contributed by atoms with E-state index in [4.69, 9.17) is 14.2 Å². The highest BCUT2D eigenvalue weighted by molar-refractivity contribution is 6.11. The first-order valence-corrected chi connectivity index (χ1v) is 8.98. The third-order valence-corrected chi connectivity index (χ3v) is 4.61. The van der Waals surface area contributed by atoms with E-state index in [1.54, 1.807) is 30.3 Å². The molecule has 0 fully saturated rings. The highest BCUT2D eigenvalue weighted by Crippen LogP contribution is 2.32. The number of carbonyl (C=O) groups is 3. The Bertz CT molecular complexity index is 954. The van der Waals surface area contributed by atoms with Gasteiger partial charge in [0.1, 0.15) is 5.41 Å². The molecule has 0 spiro atoms. The normalized spacial score (nSPS) is 12.2. The van der Waals surface area contributed by atoms with E-state index >= 15 is 0 Å². The van der Waals surface area contributed by atoms with Crippen LogP contribution in [0.4, 0.5) is 5.69 Å². The SMILES string of the molecule is COC(=O)c1ccccc1NC(=O)C(C)(C)C(=O)NCc1ccc2c(c1)OCO2. The average Bonchev–Trinajstić information content (AvgIpc) is 3.19. The van der Waals surface area contributed by atoms with Crippen LogP contribution in [0.2, 0.25) is 0 Å². The van der Waals surface area contributed by atoms with E-state index < -0.39 is 23.2 Å². The maximum Gasteiger partial charge on any atom is 0.339 e. The lowest BCUT2D eigenvalue weighted by Crippen LogP contribution is -2.45. The van der Waals surface area contributed by atoms with Gasteiger partial charge in [-0.2, -0.15) is 0 Å². The predicted molar refractivity (Wildman–Crippen MR) is 105 cm³/mol. The Kier molecular flexibility index (Phi) is 5.72. The zero-order valence-electron chi connectivity index (χ0n) is 16.4. The molecule has 152 valence electrons. The van der Waals surface area contributed by atoms with Crippen molar-refractivity contribution in [2.75, 3.05) is 19.2 Å². The fourth-order valence-corrected chi connectivity index (χ4v) is 2.72. The van der Waals surface area contributed by atoms with Crippen molar-refractivity contribution in [3.8, 4) is 11.5 Å². The number of carbonyl (C=O) groups excluding carboxylic acids is 3. The second kappa shape index (κ2) is 8.22. The molecule has 2 N–H and O–H groups in total. The van der Waals surface area contributed by atoms with Crippen LogP contribution in [0.5, 0.6) is 11.5 Å². The van der Waals surface area contributed by atoms with E-state index in [0.29, 0.717) is 11.5 Å². The number of benzene rings is 2. The second-order valence-corrected chi connectivity index (χ2v) is 6.99.